The zero-order valence-electron chi connectivity index (χ0n) is 10.5. The number of aliphatic imine (C=N–C) groups is 1. The summed E-state index contributed by atoms with van der Waals surface area (Å²) in [5.74, 6) is 1.53. The fourth-order valence-corrected chi connectivity index (χ4v) is 1.79. The van der Waals surface area contributed by atoms with Crippen molar-refractivity contribution in [2.75, 3.05) is 7.11 Å². The van der Waals surface area contributed by atoms with Gasteiger partial charge in [0.25, 0.3) is 0 Å². The van der Waals surface area contributed by atoms with Crippen LogP contribution in [-0.2, 0) is 35.8 Å². The molecule has 0 N–H and O–H groups in total. The van der Waals surface area contributed by atoms with Gasteiger partial charge in [0.2, 0.25) is 0 Å². The van der Waals surface area contributed by atoms with E-state index in [0.29, 0.717) is 12.0 Å². The molecule has 0 aromatic carbocycles. The molecule has 102 valence electrons. The molecular weight excluding hydrogens is 290 g/mol. The van der Waals surface area contributed by atoms with Crippen molar-refractivity contribution in [3.05, 3.63) is 43.9 Å². The maximum Gasteiger partial charge on any atom is 0 e. The molecule has 6 heteroatoms. The van der Waals surface area contributed by atoms with Gasteiger partial charge >= 0.3 is 33.9 Å². The van der Waals surface area contributed by atoms with Crippen LogP contribution in [0.3, 0.4) is 0 Å². The first-order chi connectivity index (χ1) is 8.79. The Morgan fingerprint density at radius 1 is 1.21 bits per heavy atom. The van der Waals surface area contributed by atoms with E-state index in [9.17, 15) is 0 Å². The average Bonchev–Trinajstić information content (AvgIpc) is 2.84. The molecule has 2 atom stereocenters. The first-order valence-corrected chi connectivity index (χ1v) is 4.88. The summed E-state index contributed by atoms with van der Waals surface area (Å²) in [6.07, 6.45) is 7.44. The molecule has 2 aliphatic rings. The van der Waals surface area contributed by atoms with Crippen LogP contribution in [0, 0.1) is 25.9 Å². The smallest absolute Gasteiger partial charge is 0 e. The summed E-state index contributed by atoms with van der Waals surface area (Å²) in [4.78, 5) is 4.52. The molecule has 0 spiro atoms. The number of hydrogen-bond donors (Lipinski definition) is 0. The Balaban J connectivity index is -0.000000325. The van der Waals surface area contributed by atoms with Crippen LogP contribution in [0.5, 0.6) is 0 Å². The van der Waals surface area contributed by atoms with Crippen molar-refractivity contribution in [1.82, 2.24) is 0 Å². The van der Waals surface area contributed by atoms with Gasteiger partial charge in [-0.1, -0.05) is 6.08 Å². The molecule has 1 heterocycles. The minimum atomic E-state index is 0. The van der Waals surface area contributed by atoms with Gasteiger partial charge in [0, 0.05) is 28.7 Å². The standard InChI is InChI=1S/C10H13NO.3CO.Fe/c1-7-5-8-3-4-9(12-2)6-10(8)11-7;3*1-2;/h3-4,6,8,10H,5H2,1-2H3;;;;/t8-,10-;;;;/m1..../s1. The second-order valence-electron chi connectivity index (χ2n) is 3.36. The Kier molecular flexibility index (Phi) is 17.7. The van der Waals surface area contributed by atoms with Crippen molar-refractivity contribution in [3.63, 3.8) is 0 Å². The van der Waals surface area contributed by atoms with Crippen LogP contribution in [-0.4, -0.2) is 18.9 Å². The van der Waals surface area contributed by atoms with Crippen LogP contribution >= 0.6 is 0 Å². The topological polar surface area (TPSA) is 81.3 Å². The quantitative estimate of drug-likeness (QED) is 0.413. The Morgan fingerprint density at radius 2 is 1.74 bits per heavy atom. The third-order valence-corrected chi connectivity index (χ3v) is 2.42. The number of allylic oxidation sites excluding steroid dienone is 1. The van der Waals surface area contributed by atoms with Crippen LogP contribution in [0.25, 0.3) is 0 Å². The predicted octanol–water partition coefficient (Wildman–Crippen LogP) is 1.82. The van der Waals surface area contributed by atoms with Gasteiger partial charge in [-0.3, -0.25) is 4.99 Å². The molecular formula is C13H13FeNO4. The maximum absolute atomic E-state index is 7.50. The van der Waals surface area contributed by atoms with Crippen molar-refractivity contribution in [2.45, 2.75) is 19.4 Å². The number of rotatable bonds is 1. The molecule has 0 aromatic heterocycles. The van der Waals surface area contributed by atoms with E-state index in [4.69, 9.17) is 18.7 Å². The average molecular weight is 303 g/mol. The number of fused-ring (bicyclic) bond motifs is 1. The number of methoxy groups -OCH3 is 1. The minimum Gasteiger partial charge on any atom is 0 e. The summed E-state index contributed by atoms with van der Waals surface area (Å²) >= 11 is 0. The Labute approximate surface area is 123 Å². The van der Waals surface area contributed by atoms with Crippen LogP contribution in [0.4, 0.5) is 0 Å². The molecule has 1 aliphatic heterocycles. The van der Waals surface area contributed by atoms with E-state index in [1.807, 2.05) is 6.08 Å². The van der Waals surface area contributed by atoms with E-state index in [2.05, 4.69) is 44.0 Å². The molecule has 0 radical (unpaired) electrons. The monoisotopic (exact) mass is 303 g/mol. The fraction of sp³-hybridized carbons (Fsp3) is 0.385. The molecule has 0 amide bonds. The molecule has 0 saturated carbocycles. The molecule has 0 unspecified atom stereocenters. The van der Waals surface area contributed by atoms with E-state index in [1.54, 1.807) is 7.11 Å². The van der Waals surface area contributed by atoms with E-state index in [-0.39, 0.29) is 17.1 Å². The van der Waals surface area contributed by atoms with Crippen molar-refractivity contribution in [1.29, 1.82) is 0 Å². The number of hydrogen-bond acceptors (Lipinski definition) is 2. The first kappa shape index (κ1) is 22.8. The van der Waals surface area contributed by atoms with E-state index in [1.165, 1.54) is 5.71 Å². The maximum atomic E-state index is 7.50. The molecule has 5 nitrogen and oxygen atoms in total. The Bertz CT molecular complexity index is 379. The molecule has 0 bridgehead atoms. The van der Waals surface area contributed by atoms with Gasteiger partial charge in [-0.15, -0.1) is 0 Å². The molecule has 19 heavy (non-hydrogen) atoms. The molecule has 1 aliphatic carbocycles. The van der Waals surface area contributed by atoms with Crippen molar-refractivity contribution >= 4 is 5.71 Å². The third kappa shape index (κ3) is 7.66. The van der Waals surface area contributed by atoms with Gasteiger partial charge in [0.05, 0.1) is 13.2 Å². The van der Waals surface area contributed by atoms with Crippen molar-refractivity contribution in [2.24, 2.45) is 10.9 Å². The predicted molar refractivity (Wildman–Crippen MR) is 61.0 cm³/mol. The van der Waals surface area contributed by atoms with Crippen LogP contribution in [0.2, 0.25) is 0 Å². The number of ether oxygens (including phenoxy) is 1. The van der Waals surface area contributed by atoms with Gasteiger partial charge in [-0.05, 0) is 25.5 Å². The molecule has 0 aromatic rings. The summed E-state index contributed by atoms with van der Waals surface area (Å²) in [6.45, 7) is 15.6. The zero-order chi connectivity index (χ0) is 14.6. The van der Waals surface area contributed by atoms with Gasteiger partial charge < -0.3 is 4.74 Å². The molecule has 0 fully saturated rings. The third-order valence-electron chi connectivity index (χ3n) is 2.42. The zero-order valence-corrected chi connectivity index (χ0v) is 11.6. The Hall–Kier alpha value is -1.31. The van der Waals surface area contributed by atoms with E-state index in [0.717, 1.165) is 12.2 Å². The van der Waals surface area contributed by atoms with Crippen molar-refractivity contribution in [3.8, 4) is 0 Å². The first-order valence-electron chi connectivity index (χ1n) is 4.88. The van der Waals surface area contributed by atoms with Crippen LogP contribution in [0.15, 0.2) is 29.0 Å². The van der Waals surface area contributed by atoms with Gasteiger partial charge in [-0.2, -0.15) is 0 Å². The van der Waals surface area contributed by atoms with E-state index >= 15 is 0 Å². The molecule has 2 rings (SSSR count). The second-order valence-corrected chi connectivity index (χ2v) is 3.36. The van der Waals surface area contributed by atoms with Crippen molar-refractivity contribution < 1.29 is 35.8 Å². The molecule has 0 saturated heterocycles. The summed E-state index contributed by atoms with van der Waals surface area (Å²) < 4.78 is 27.6. The van der Waals surface area contributed by atoms with Gasteiger partial charge in [0.1, 0.15) is 5.76 Å². The summed E-state index contributed by atoms with van der Waals surface area (Å²) in [5, 5.41) is 0. The SMILES string of the molecule is COC1=C[C@H]2N=C(C)C[C@H]2C=C1.[C-]#[O+].[C-]#[O+].[C-]#[O+].[Fe]. The largest absolute Gasteiger partial charge is 0 e. The van der Waals surface area contributed by atoms with E-state index < -0.39 is 0 Å². The van der Waals surface area contributed by atoms with Gasteiger partial charge in [-0.25, -0.2) is 0 Å². The summed E-state index contributed by atoms with van der Waals surface area (Å²) in [7, 11) is 1.70. The minimum absolute atomic E-state index is 0. The number of nitrogens with zero attached hydrogens (tertiary/aromatic N) is 1. The summed E-state index contributed by atoms with van der Waals surface area (Å²) in [6, 6.07) is 0.338. The van der Waals surface area contributed by atoms with Gasteiger partial charge in [0.15, 0.2) is 0 Å². The van der Waals surface area contributed by atoms with Crippen LogP contribution in [0.1, 0.15) is 13.3 Å². The summed E-state index contributed by atoms with van der Waals surface area (Å²) in [5.41, 5.74) is 1.25. The normalized spacial score (nSPS) is 20.8. The van der Waals surface area contributed by atoms with Crippen LogP contribution < -0.4 is 0 Å². The second kappa shape index (κ2) is 14.7. The fourth-order valence-electron chi connectivity index (χ4n) is 1.79. The Morgan fingerprint density at radius 3 is 2.21 bits per heavy atom.